The van der Waals surface area contributed by atoms with E-state index >= 15 is 0 Å². The van der Waals surface area contributed by atoms with Crippen molar-refractivity contribution in [3.05, 3.63) is 71.1 Å². The van der Waals surface area contributed by atoms with E-state index in [1.807, 2.05) is 36.0 Å². The summed E-state index contributed by atoms with van der Waals surface area (Å²) < 4.78 is 14.7. The van der Waals surface area contributed by atoms with E-state index in [-0.39, 0.29) is 11.8 Å². The lowest BCUT2D eigenvalue weighted by molar-refractivity contribution is -0.134. The number of rotatable bonds is 9. The van der Waals surface area contributed by atoms with Crippen molar-refractivity contribution in [2.24, 2.45) is 7.05 Å². The van der Waals surface area contributed by atoms with Gasteiger partial charge in [0.2, 0.25) is 17.8 Å². The molecule has 2 unspecified atom stereocenters. The SMILES string of the molecule is Cn1nc(C2CCC(=O)NC2=O)c2ccc(C3CCN(CCCS(=O)c4ccc(Nc5ncc(Cl)cn5)cc4)CC3)cc21. The minimum atomic E-state index is -1.06. The molecule has 6 rings (SSSR count). The van der Waals surface area contributed by atoms with E-state index in [0.717, 1.165) is 66.1 Å². The van der Waals surface area contributed by atoms with Gasteiger partial charge in [-0.2, -0.15) is 5.10 Å². The summed E-state index contributed by atoms with van der Waals surface area (Å²) in [5.74, 6) is 0.685. The predicted octanol–water partition coefficient (Wildman–Crippen LogP) is 4.66. The number of halogens is 1. The van der Waals surface area contributed by atoms with Crippen molar-refractivity contribution < 1.29 is 13.8 Å². The second kappa shape index (κ2) is 12.9. The van der Waals surface area contributed by atoms with Crippen LogP contribution in [-0.4, -0.2) is 66.1 Å². The molecular weight excluding hydrogens is 586 g/mol. The fourth-order valence-corrected chi connectivity index (χ4v) is 7.16. The number of benzene rings is 2. The topological polar surface area (TPSA) is 122 Å². The van der Waals surface area contributed by atoms with Crippen molar-refractivity contribution >= 4 is 56.8 Å². The lowest BCUT2D eigenvalue weighted by Crippen LogP contribution is -2.39. The van der Waals surface area contributed by atoms with Crippen molar-refractivity contribution in [1.82, 2.24) is 30.0 Å². The van der Waals surface area contributed by atoms with Crippen LogP contribution in [0.2, 0.25) is 5.02 Å². The second-order valence-corrected chi connectivity index (χ2v) is 13.2. The van der Waals surface area contributed by atoms with Crippen LogP contribution < -0.4 is 10.6 Å². The van der Waals surface area contributed by atoms with E-state index in [1.165, 1.54) is 18.0 Å². The van der Waals surface area contributed by atoms with Gasteiger partial charge in [-0.25, -0.2) is 9.97 Å². The maximum atomic E-state index is 12.9. The highest BCUT2D eigenvalue weighted by Crippen LogP contribution is 2.34. The lowest BCUT2D eigenvalue weighted by atomic mass is 9.88. The Morgan fingerprint density at radius 1 is 1.05 bits per heavy atom. The maximum Gasteiger partial charge on any atom is 0.235 e. The zero-order valence-electron chi connectivity index (χ0n) is 24.0. The molecule has 2 aliphatic rings. The zero-order chi connectivity index (χ0) is 29.9. The normalized spacial score (nSPS) is 19.0. The molecule has 2 fully saturated rings. The Morgan fingerprint density at radius 2 is 1.79 bits per heavy atom. The molecule has 0 bridgehead atoms. The molecule has 2 aliphatic heterocycles. The molecule has 0 saturated carbocycles. The maximum absolute atomic E-state index is 12.9. The summed E-state index contributed by atoms with van der Waals surface area (Å²) >= 11 is 5.83. The Kier molecular flexibility index (Phi) is 8.83. The third kappa shape index (κ3) is 6.79. The van der Waals surface area contributed by atoms with Gasteiger partial charge in [0.1, 0.15) is 0 Å². The summed E-state index contributed by atoms with van der Waals surface area (Å²) in [6, 6.07) is 14.0. The molecular formula is C31H34ClN7O3S. The van der Waals surface area contributed by atoms with Gasteiger partial charge in [-0.15, -0.1) is 0 Å². The lowest BCUT2D eigenvalue weighted by Gasteiger charge is -2.32. The summed E-state index contributed by atoms with van der Waals surface area (Å²) in [5.41, 5.74) is 3.89. The van der Waals surface area contributed by atoms with E-state index in [0.29, 0.717) is 35.5 Å². The predicted molar refractivity (Wildman–Crippen MR) is 167 cm³/mol. The Hall–Kier alpha value is -3.67. The molecule has 2 amide bonds. The molecule has 2 aromatic heterocycles. The minimum absolute atomic E-state index is 0.214. The number of amides is 2. The van der Waals surface area contributed by atoms with Gasteiger partial charge in [0, 0.05) is 35.2 Å². The molecule has 10 nitrogen and oxygen atoms in total. The van der Waals surface area contributed by atoms with Crippen LogP contribution in [0.25, 0.3) is 10.9 Å². The highest BCUT2D eigenvalue weighted by molar-refractivity contribution is 7.85. The number of fused-ring (bicyclic) bond motifs is 1. The molecule has 4 heterocycles. The summed E-state index contributed by atoms with van der Waals surface area (Å²) in [7, 11) is 0.857. The number of aryl methyl sites for hydroxylation is 1. The first kappa shape index (κ1) is 29.4. The fraction of sp³-hybridized carbons (Fsp3) is 0.387. The smallest absolute Gasteiger partial charge is 0.235 e. The largest absolute Gasteiger partial charge is 0.324 e. The number of imide groups is 1. The highest BCUT2D eigenvalue weighted by Gasteiger charge is 2.32. The number of carbonyl (C=O) groups is 2. The van der Waals surface area contributed by atoms with Gasteiger partial charge >= 0.3 is 0 Å². The highest BCUT2D eigenvalue weighted by atomic mass is 35.5. The number of likely N-dealkylation sites (tertiary alicyclic amines) is 1. The monoisotopic (exact) mass is 619 g/mol. The average Bonchev–Trinajstić information content (AvgIpc) is 3.34. The second-order valence-electron chi connectivity index (χ2n) is 11.2. The van der Waals surface area contributed by atoms with Crippen LogP contribution in [0.3, 0.4) is 0 Å². The van der Waals surface area contributed by atoms with Crippen LogP contribution >= 0.6 is 11.6 Å². The molecule has 224 valence electrons. The van der Waals surface area contributed by atoms with Crippen molar-refractivity contribution in [1.29, 1.82) is 0 Å². The van der Waals surface area contributed by atoms with Crippen LogP contribution in [-0.2, 0) is 27.4 Å². The van der Waals surface area contributed by atoms with Crippen molar-refractivity contribution in [3.8, 4) is 0 Å². The van der Waals surface area contributed by atoms with Gasteiger partial charge in [0.25, 0.3) is 0 Å². The molecule has 2 N–H and O–H groups in total. The average molecular weight is 620 g/mol. The molecule has 2 aromatic carbocycles. The van der Waals surface area contributed by atoms with Crippen molar-refractivity contribution in [2.45, 2.75) is 48.8 Å². The molecule has 2 atom stereocenters. The zero-order valence-corrected chi connectivity index (χ0v) is 25.5. The van der Waals surface area contributed by atoms with E-state index in [1.54, 1.807) is 0 Å². The van der Waals surface area contributed by atoms with Crippen LogP contribution in [0.5, 0.6) is 0 Å². The number of hydrogen-bond acceptors (Lipinski definition) is 8. The van der Waals surface area contributed by atoms with Gasteiger partial charge in [0.15, 0.2) is 0 Å². The third-order valence-corrected chi connectivity index (χ3v) is 9.98. The van der Waals surface area contributed by atoms with Gasteiger partial charge < -0.3 is 10.2 Å². The van der Waals surface area contributed by atoms with Gasteiger partial charge in [-0.05, 0) is 87.1 Å². The summed E-state index contributed by atoms with van der Waals surface area (Å²) in [5, 5.41) is 11.7. The number of anilines is 2. The van der Waals surface area contributed by atoms with Crippen LogP contribution in [0.1, 0.15) is 55.2 Å². The molecule has 0 radical (unpaired) electrons. The van der Waals surface area contributed by atoms with Crippen molar-refractivity contribution in [3.63, 3.8) is 0 Å². The fourth-order valence-electron chi connectivity index (χ4n) is 5.99. The molecule has 43 heavy (non-hydrogen) atoms. The summed E-state index contributed by atoms with van der Waals surface area (Å²) in [6.07, 6.45) is 6.91. The first-order valence-corrected chi connectivity index (χ1v) is 16.3. The number of nitrogens with zero attached hydrogens (tertiary/aromatic N) is 5. The molecule has 0 spiro atoms. The van der Waals surface area contributed by atoms with E-state index in [2.05, 4.69) is 48.8 Å². The Bertz CT molecular complexity index is 1650. The van der Waals surface area contributed by atoms with Crippen LogP contribution in [0, 0.1) is 0 Å². The van der Waals surface area contributed by atoms with Gasteiger partial charge in [-0.3, -0.25) is 23.8 Å². The number of nitrogens with one attached hydrogen (secondary N) is 2. The van der Waals surface area contributed by atoms with Gasteiger partial charge in [0.05, 0.1) is 45.3 Å². The quantitative estimate of drug-likeness (QED) is 0.260. The van der Waals surface area contributed by atoms with Crippen molar-refractivity contribution in [2.75, 3.05) is 30.7 Å². The minimum Gasteiger partial charge on any atom is -0.324 e. The van der Waals surface area contributed by atoms with Gasteiger partial charge in [-0.1, -0.05) is 23.7 Å². The number of hydrogen-bond donors (Lipinski definition) is 2. The summed E-state index contributed by atoms with van der Waals surface area (Å²) in [6.45, 7) is 2.95. The Morgan fingerprint density at radius 3 is 2.51 bits per heavy atom. The number of aromatic nitrogens is 4. The number of carbonyl (C=O) groups excluding carboxylic acids is 2. The Balaban J connectivity index is 0.979. The van der Waals surface area contributed by atoms with Crippen LogP contribution in [0.4, 0.5) is 11.6 Å². The van der Waals surface area contributed by atoms with E-state index in [4.69, 9.17) is 11.6 Å². The molecule has 12 heteroatoms. The van der Waals surface area contributed by atoms with E-state index < -0.39 is 16.7 Å². The van der Waals surface area contributed by atoms with Crippen LogP contribution in [0.15, 0.2) is 59.8 Å². The third-order valence-electron chi connectivity index (χ3n) is 8.33. The van der Waals surface area contributed by atoms with E-state index in [9.17, 15) is 13.8 Å². The Labute approximate surface area is 257 Å². The standard InChI is InChI=1S/C31H34ClN7O3S/c1-38-27-17-21(3-8-25(27)29(37-38)26-9-10-28(40)36-30(26)41)20-11-14-39(15-12-20)13-2-16-43(42)24-6-4-23(5-7-24)35-31-33-18-22(32)19-34-31/h3-8,17-20,26H,2,9-16H2,1H3,(H,33,34,35)(H,36,40,41). The first-order valence-electron chi connectivity index (χ1n) is 14.6. The number of piperidine rings is 2. The first-order chi connectivity index (χ1) is 20.8. The molecule has 2 saturated heterocycles. The summed E-state index contributed by atoms with van der Waals surface area (Å²) in [4.78, 5) is 35.6. The molecule has 4 aromatic rings. The molecule has 0 aliphatic carbocycles.